The number of aliphatic carboxylic acids is 1. The predicted octanol–water partition coefficient (Wildman–Crippen LogP) is -1.73. The van der Waals surface area contributed by atoms with Crippen molar-refractivity contribution >= 4 is 23.7 Å². The number of aromatic nitrogens is 2. The summed E-state index contributed by atoms with van der Waals surface area (Å²) in [7, 11) is 0. The highest BCUT2D eigenvalue weighted by Crippen LogP contribution is 2.20. The quantitative estimate of drug-likeness (QED) is 0.186. The number of aliphatic hydroxyl groups excluding tert-OH is 1. The Bertz CT molecular complexity index is 1060. The van der Waals surface area contributed by atoms with E-state index in [1.54, 1.807) is 12.1 Å². The molecule has 2 aromatic rings. The lowest BCUT2D eigenvalue weighted by Crippen LogP contribution is -2.57. The Morgan fingerprint density at radius 3 is 2.47 bits per heavy atom. The number of H-pyrrole nitrogens is 1. The van der Waals surface area contributed by atoms with Gasteiger partial charge in [0.1, 0.15) is 23.9 Å². The molecule has 1 aromatic heterocycles. The monoisotopic (exact) mass is 502 g/mol. The molecule has 0 bridgehead atoms. The largest absolute Gasteiger partial charge is 0.508 e. The van der Waals surface area contributed by atoms with Crippen LogP contribution in [0, 0.1) is 0 Å². The fourth-order valence-corrected chi connectivity index (χ4v) is 4.04. The first-order chi connectivity index (χ1) is 17.2. The van der Waals surface area contributed by atoms with Gasteiger partial charge in [0.25, 0.3) is 0 Å². The number of amides is 3. The molecule has 2 heterocycles. The second-order valence-corrected chi connectivity index (χ2v) is 8.59. The van der Waals surface area contributed by atoms with E-state index >= 15 is 0 Å². The lowest BCUT2D eigenvalue weighted by Gasteiger charge is -2.28. The number of aromatic hydroxyl groups is 1. The number of nitrogens with zero attached hydrogens (tertiary/aromatic N) is 2. The molecule has 0 aliphatic carbocycles. The van der Waals surface area contributed by atoms with Crippen LogP contribution in [0.25, 0.3) is 0 Å². The molecule has 1 aromatic carbocycles. The minimum atomic E-state index is -1.54. The van der Waals surface area contributed by atoms with E-state index < -0.39 is 54.5 Å². The maximum atomic E-state index is 13.2. The normalized spacial score (nSPS) is 17.7. The molecule has 194 valence electrons. The van der Waals surface area contributed by atoms with Gasteiger partial charge in [-0.25, -0.2) is 9.78 Å². The third-order valence-corrected chi connectivity index (χ3v) is 5.96. The summed E-state index contributed by atoms with van der Waals surface area (Å²) in [5, 5.41) is 32.6. The van der Waals surface area contributed by atoms with E-state index in [2.05, 4.69) is 20.6 Å². The van der Waals surface area contributed by atoms with Gasteiger partial charge in [-0.3, -0.25) is 14.4 Å². The number of aliphatic hydroxyl groups is 1. The summed E-state index contributed by atoms with van der Waals surface area (Å²) in [4.78, 5) is 58.3. The summed E-state index contributed by atoms with van der Waals surface area (Å²) in [5.41, 5.74) is 7.40. The van der Waals surface area contributed by atoms with Crippen LogP contribution in [0.4, 0.5) is 0 Å². The van der Waals surface area contributed by atoms with Gasteiger partial charge in [0, 0.05) is 24.9 Å². The summed E-state index contributed by atoms with van der Waals surface area (Å²) in [6.07, 6.45) is 3.99. The smallest absolute Gasteiger partial charge is 0.328 e. The number of aromatic amines is 1. The zero-order valence-corrected chi connectivity index (χ0v) is 19.5. The summed E-state index contributed by atoms with van der Waals surface area (Å²) < 4.78 is 0. The molecule has 3 rings (SSSR count). The molecular weight excluding hydrogens is 472 g/mol. The highest BCUT2D eigenvalue weighted by atomic mass is 16.4. The minimum absolute atomic E-state index is 0.0175. The van der Waals surface area contributed by atoms with E-state index in [9.17, 15) is 29.4 Å². The Morgan fingerprint density at radius 1 is 1.14 bits per heavy atom. The predicted molar refractivity (Wildman–Crippen MR) is 125 cm³/mol. The lowest BCUT2D eigenvalue weighted by molar-refractivity contribution is -0.144. The van der Waals surface area contributed by atoms with Crippen LogP contribution in [-0.2, 0) is 32.0 Å². The van der Waals surface area contributed by atoms with Gasteiger partial charge in [-0.1, -0.05) is 12.1 Å². The summed E-state index contributed by atoms with van der Waals surface area (Å²) in [5.74, 6) is -3.13. The van der Waals surface area contributed by atoms with Gasteiger partial charge in [-0.2, -0.15) is 0 Å². The number of nitrogens with one attached hydrogen (secondary N) is 3. The highest BCUT2D eigenvalue weighted by molar-refractivity contribution is 5.94. The topological polar surface area (TPSA) is 211 Å². The van der Waals surface area contributed by atoms with E-state index in [0.717, 1.165) is 5.56 Å². The first-order valence-corrected chi connectivity index (χ1v) is 11.4. The molecule has 1 aliphatic heterocycles. The van der Waals surface area contributed by atoms with Gasteiger partial charge in [-0.15, -0.1) is 0 Å². The van der Waals surface area contributed by atoms with Crippen molar-refractivity contribution in [2.45, 2.75) is 49.9 Å². The molecule has 4 atom stereocenters. The van der Waals surface area contributed by atoms with Crippen molar-refractivity contribution in [2.75, 3.05) is 13.2 Å². The van der Waals surface area contributed by atoms with Crippen molar-refractivity contribution in [3.63, 3.8) is 0 Å². The molecule has 13 heteroatoms. The molecule has 1 saturated heterocycles. The van der Waals surface area contributed by atoms with Crippen molar-refractivity contribution < 1.29 is 34.5 Å². The minimum Gasteiger partial charge on any atom is -0.508 e. The number of imidazole rings is 1. The Hall–Kier alpha value is -3.97. The molecule has 1 aliphatic rings. The van der Waals surface area contributed by atoms with Gasteiger partial charge in [0.05, 0.1) is 19.0 Å². The SMILES string of the molecule is NC(Cc1ccc(O)cc1)C(=O)N1CCCC1C(=O)NC(Cc1cnc[nH]1)C(=O)NC(CO)C(=O)O. The molecule has 8 N–H and O–H groups in total. The van der Waals surface area contributed by atoms with Crippen LogP contribution in [0.3, 0.4) is 0 Å². The number of carboxylic acids is 1. The van der Waals surface area contributed by atoms with E-state index in [1.165, 1.54) is 29.6 Å². The molecular formula is C23H30N6O7. The molecule has 4 unspecified atom stereocenters. The van der Waals surface area contributed by atoms with Crippen molar-refractivity contribution in [1.82, 2.24) is 25.5 Å². The van der Waals surface area contributed by atoms with Gasteiger partial charge >= 0.3 is 5.97 Å². The number of phenols is 1. The highest BCUT2D eigenvalue weighted by Gasteiger charge is 2.38. The number of hydrogen-bond donors (Lipinski definition) is 7. The third kappa shape index (κ3) is 6.79. The molecule has 13 nitrogen and oxygen atoms in total. The first kappa shape index (κ1) is 26.6. The van der Waals surface area contributed by atoms with Crippen LogP contribution in [0.2, 0.25) is 0 Å². The summed E-state index contributed by atoms with van der Waals surface area (Å²) in [6.45, 7) is -0.501. The van der Waals surface area contributed by atoms with E-state index in [0.29, 0.717) is 25.1 Å². The first-order valence-electron chi connectivity index (χ1n) is 11.4. The Kier molecular flexibility index (Phi) is 8.97. The molecule has 0 spiro atoms. The van der Waals surface area contributed by atoms with Crippen LogP contribution < -0.4 is 16.4 Å². The lowest BCUT2D eigenvalue weighted by atomic mass is 10.0. The summed E-state index contributed by atoms with van der Waals surface area (Å²) >= 11 is 0. The average Bonchev–Trinajstić information content (AvgIpc) is 3.55. The number of carboxylic acid groups (broad SMARTS) is 1. The fourth-order valence-electron chi connectivity index (χ4n) is 4.04. The standard InChI is InChI=1S/C23H30N6O7/c24-16(8-13-3-5-15(31)6-4-13)22(34)29-7-1-2-19(29)21(33)27-17(9-14-10-25-12-26-14)20(32)28-18(11-30)23(35)36/h3-6,10,12,16-19,30-31H,1-2,7-9,11,24H2,(H,25,26)(H,27,33)(H,28,32)(H,35,36). The number of benzene rings is 1. The van der Waals surface area contributed by atoms with Crippen LogP contribution in [-0.4, -0.2) is 91.2 Å². The van der Waals surface area contributed by atoms with Gasteiger partial charge in [0.2, 0.25) is 17.7 Å². The van der Waals surface area contributed by atoms with Crippen molar-refractivity contribution in [3.05, 3.63) is 48.0 Å². The van der Waals surface area contributed by atoms with Crippen molar-refractivity contribution in [1.29, 1.82) is 0 Å². The maximum absolute atomic E-state index is 13.2. The zero-order valence-electron chi connectivity index (χ0n) is 19.5. The van der Waals surface area contributed by atoms with E-state index in [1.807, 2.05) is 0 Å². The molecule has 1 fully saturated rings. The number of carbonyl (C=O) groups is 4. The van der Waals surface area contributed by atoms with Crippen LogP contribution in [0.5, 0.6) is 5.75 Å². The van der Waals surface area contributed by atoms with Crippen molar-refractivity contribution in [3.8, 4) is 5.75 Å². The van der Waals surface area contributed by atoms with Crippen LogP contribution in [0.15, 0.2) is 36.8 Å². The average molecular weight is 503 g/mol. The van der Waals surface area contributed by atoms with Gasteiger partial charge in [0.15, 0.2) is 0 Å². The third-order valence-electron chi connectivity index (χ3n) is 5.96. The number of phenolic OH excluding ortho intramolecular Hbond substituents is 1. The Labute approximate surface area is 206 Å². The molecule has 0 radical (unpaired) electrons. The summed E-state index contributed by atoms with van der Waals surface area (Å²) in [6, 6.07) is 1.82. The second kappa shape index (κ2) is 12.1. The van der Waals surface area contributed by atoms with E-state index in [-0.39, 0.29) is 18.6 Å². The van der Waals surface area contributed by atoms with Crippen molar-refractivity contribution in [2.24, 2.45) is 5.73 Å². The number of rotatable bonds is 11. The number of carbonyl (C=O) groups excluding carboxylic acids is 3. The Balaban J connectivity index is 1.69. The zero-order chi connectivity index (χ0) is 26.2. The molecule has 0 saturated carbocycles. The fraction of sp³-hybridized carbons (Fsp3) is 0.435. The van der Waals surface area contributed by atoms with Gasteiger partial charge in [-0.05, 0) is 37.0 Å². The van der Waals surface area contributed by atoms with Crippen LogP contribution in [0.1, 0.15) is 24.1 Å². The Morgan fingerprint density at radius 2 is 1.86 bits per heavy atom. The number of hydrogen-bond acceptors (Lipinski definition) is 8. The maximum Gasteiger partial charge on any atom is 0.328 e. The van der Waals surface area contributed by atoms with E-state index in [4.69, 9.17) is 10.8 Å². The van der Waals surface area contributed by atoms with Gasteiger partial charge < -0.3 is 41.6 Å². The second-order valence-electron chi connectivity index (χ2n) is 8.59. The molecule has 36 heavy (non-hydrogen) atoms. The number of nitrogens with two attached hydrogens (primary N) is 1. The molecule has 3 amide bonds. The number of likely N-dealkylation sites (tertiary alicyclic amines) is 1. The van der Waals surface area contributed by atoms with Crippen LogP contribution >= 0.6 is 0 Å².